The van der Waals surface area contributed by atoms with Crippen molar-refractivity contribution in [2.75, 3.05) is 53.9 Å². The maximum atomic E-state index is 4.90. The van der Waals surface area contributed by atoms with Crippen LogP contribution < -0.4 is 5.32 Å². The number of hydrogen-bond donors (Lipinski definition) is 2. The lowest BCUT2D eigenvalue weighted by molar-refractivity contribution is 0.119. The maximum Gasteiger partial charge on any atom is 0.194 e. The molecular formula is C21H33N7. The van der Waals surface area contributed by atoms with Crippen molar-refractivity contribution < 1.29 is 0 Å². The molecule has 152 valence electrons. The predicted molar refractivity (Wildman–Crippen MR) is 115 cm³/mol. The molecule has 0 amide bonds. The van der Waals surface area contributed by atoms with Crippen molar-refractivity contribution in [3.8, 4) is 11.3 Å². The van der Waals surface area contributed by atoms with E-state index in [1.165, 1.54) is 0 Å². The Kier molecular flexibility index (Phi) is 7.06. The Hall–Kier alpha value is -2.38. The summed E-state index contributed by atoms with van der Waals surface area (Å²) in [6, 6.07) is 10.7. The van der Waals surface area contributed by atoms with E-state index in [1.54, 1.807) is 0 Å². The highest BCUT2D eigenvalue weighted by Gasteiger charge is 2.22. The fraction of sp³-hybridized carbons (Fsp3) is 0.524. The summed E-state index contributed by atoms with van der Waals surface area (Å²) in [5.41, 5.74) is 2.19. The van der Waals surface area contributed by atoms with Gasteiger partial charge in [-0.3, -0.25) is 9.89 Å². The first-order valence-electron chi connectivity index (χ1n) is 10.0. The summed E-state index contributed by atoms with van der Waals surface area (Å²) in [5, 5.41) is 3.41. The number of aromatic amines is 1. The molecule has 1 aliphatic rings. The van der Waals surface area contributed by atoms with Crippen molar-refractivity contribution in [1.82, 2.24) is 30.0 Å². The lowest BCUT2D eigenvalue weighted by Crippen LogP contribution is -2.51. The molecular weight excluding hydrogens is 350 g/mol. The van der Waals surface area contributed by atoms with E-state index in [2.05, 4.69) is 70.2 Å². The van der Waals surface area contributed by atoms with E-state index in [9.17, 15) is 0 Å². The zero-order chi connectivity index (χ0) is 19.9. The molecule has 2 aromatic rings. The minimum absolute atomic E-state index is 0.453. The number of imidazole rings is 1. The normalized spacial score (nSPS) is 19.0. The second-order valence-corrected chi connectivity index (χ2v) is 7.56. The molecule has 1 aromatic heterocycles. The van der Waals surface area contributed by atoms with Gasteiger partial charge in [-0.1, -0.05) is 30.3 Å². The number of rotatable bonds is 6. The molecule has 2 N–H and O–H groups in total. The van der Waals surface area contributed by atoms with Crippen LogP contribution in [-0.2, 0) is 6.54 Å². The van der Waals surface area contributed by atoms with E-state index in [1.807, 2.05) is 24.4 Å². The number of likely N-dealkylation sites (N-methyl/N-ethyl adjacent to an activating group) is 2. The number of H-pyrrole nitrogens is 1. The van der Waals surface area contributed by atoms with Gasteiger partial charge in [0.25, 0.3) is 0 Å². The van der Waals surface area contributed by atoms with E-state index in [0.717, 1.165) is 55.8 Å². The first-order chi connectivity index (χ1) is 13.6. The maximum absolute atomic E-state index is 4.90. The van der Waals surface area contributed by atoms with E-state index in [0.29, 0.717) is 12.6 Å². The third-order valence-electron chi connectivity index (χ3n) is 5.23. The Morgan fingerprint density at radius 1 is 1.29 bits per heavy atom. The molecule has 1 aliphatic heterocycles. The molecule has 1 unspecified atom stereocenters. The summed E-state index contributed by atoms with van der Waals surface area (Å²) in [5.74, 6) is 1.85. The van der Waals surface area contributed by atoms with Gasteiger partial charge in [0.15, 0.2) is 5.96 Å². The van der Waals surface area contributed by atoms with Crippen LogP contribution in [0.4, 0.5) is 0 Å². The van der Waals surface area contributed by atoms with Crippen molar-refractivity contribution >= 4 is 5.96 Å². The fourth-order valence-corrected chi connectivity index (χ4v) is 3.47. The van der Waals surface area contributed by atoms with E-state index >= 15 is 0 Å². The Morgan fingerprint density at radius 2 is 2.07 bits per heavy atom. The number of nitrogens with one attached hydrogen (secondary N) is 2. The third-order valence-corrected chi connectivity index (χ3v) is 5.23. The SMILES string of the molecule is CCNC(=NCC1CN(C)CCN1C)N(C)Cc1ncc(-c2ccccc2)[nH]1. The van der Waals surface area contributed by atoms with Gasteiger partial charge in [-0.2, -0.15) is 0 Å². The standard InChI is InChI=1S/C21H33N7/c1-5-22-21(24-13-18-15-26(2)11-12-27(18)3)28(4)16-20-23-14-19(25-20)17-9-7-6-8-10-17/h6-10,14,18H,5,11-13,15-16H2,1-4H3,(H,22,24)(H,23,25). The highest BCUT2D eigenvalue weighted by Crippen LogP contribution is 2.16. The lowest BCUT2D eigenvalue weighted by atomic mass is 10.2. The van der Waals surface area contributed by atoms with Gasteiger partial charge >= 0.3 is 0 Å². The van der Waals surface area contributed by atoms with Crippen LogP contribution in [0.2, 0.25) is 0 Å². The Morgan fingerprint density at radius 3 is 2.82 bits per heavy atom. The summed E-state index contributed by atoms with van der Waals surface area (Å²) in [6.45, 7) is 7.69. The van der Waals surface area contributed by atoms with Crippen molar-refractivity contribution in [2.24, 2.45) is 4.99 Å². The molecule has 0 aliphatic carbocycles. The smallest absolute Gasteiger partial charge is 0.194 e. The Bertz CT molecular complexity index is 755. The quantitative estimate of drug-likeness (QED) is 0.587. The summed E-state index contributed by atoms with van der Waals surface area (Å²) in [6.07, 6.45) is 1.90. The molecule has 0 spiro atoms. The monoisotopic (exact) mass is 383 g/mol. The second-order valence-electron chi connectivity index (χ2n) is 7.56. The predicted octanol–water partition coefficient (Wildman–Crippen LogP) is 1.72. The van der Waals surface area contributed by atoms with Crippen molar-refractivity contribution in [2.45, 2.75) is 19.5 Å². The molecule has 3 rings (SSSR count). The molecule has 28 heavy (non-hydrogen) atoms. The number of aliphatic imine (C=N–C) groups is 1. The second kappa shape index (κ2) is 9.71. The number of guanidine groups is 1. The van der Waals surface area contributed by atoms with E-state index in [-0.39, 0.29) is 0 Å². The van der Waals surface area contributed by atoms with Crippen LogP contribution in [0.1, 0.15) is 12.7 Å². The third kappa shape index (κ3) is 5.33. The van der Waals surface area contributed by atoms with Gasteiger partial charge in [0.1, 0.15) is 5.82 Å². The molecule has 7 nitrogen and oxygen atoms in total. The molecule has 0 saturated carbocycles. The number of nitrogens with zero attached hydrogens (tertiary/aromatic N) is 5. The highest BCUT2D eigenvalue weighted by atomic mass is 15.3. The Labute approximate surface area is 168 Å². The minimum atomic E-state index is 0.453. The van der Waals surface area contributed by atoms with Crippen molar-refractivity contribution in [1.29, 1.82) is 0 Å². The zero-order valence-electron chi connectivity index (χ0n) is 17.5. The summed E-state index contributed by atoms with van der Waals surface area (Å²) in [4.78, 5) is 19.8. The van der Waals surface area contributed by atoms with Crippen molar-refractivity contribution in [3.63, 3.8) is 0 Å². The largest absolute Gasteiger partial charge is 0.357 e. The fourth-order valence-electron chi connectivity index (χ4n) is 3.47. The molecule has 1 fully saturated rings. The molecule has 0 bridgehead atoms. The molecule has 2 heterocycles. The van der Waals surface area contributed by atoms with Gasteiger partial charge in [-0.15, -0.1) is 0 Å². The number of benzene rings is 1. The van der Waals surface area contributed by atoms with Crippen LogP contribution in [-0.4, -0.2) is 90.5 Å². The first kappa shape index (κ1) is 20.4. The lowest BCUT2D eigenvalue weighted by Gasteiger charge is -2.37. The van der Waals surface area contributed by atoms with Crippen LogP contribution in [0.25, 0.3) is 11.3 Å². The molecule has 1 aromatic carbocycles. The van der Waals surface area contributed by atoms with Crippen LogP contribution in [0.5, 0.6) is 0 Å². The van der Waals surface area contributed by atoms with Gasteiger partial charge in [0.05, 0.1) is 25.0 Å². The van der Waals surface area contributed by atoms with Crippen LogP contribution in [0.15, 0.2) is 41.5 Å². The number of hydrogen-bond acceptors (Lipinski definition) is 4. The van der Waals surface area contributed by atoms with Crippen LogP contribution in [0, 0.1) is 0 Å². The summed E-state index contributed by atoms with van der Waals surface area (Å²) in [7, 11) is 6.43. The van der Waals surface area contributed by atoms with Crippen LogP contribution >= 0.6 is 0 Å². The van der Waals surface area contributed by atoms with E-state index < -0.39 is 0 Å². The van der Waals surface area contributed by atoms with E-state index in [4.69, 9.17) is 4.99 Å². The molecule has 0 radical (unpaired) electrons. The molecule has 1 atom stereocenters. The first-order valence-corrected chi connectivity index (χ1v) is 10.0. The minimum Gasteiger partial charge on any atom is -0.357 e. The number of piperazine rings is 1. The summed E-state index contributed by atoms with van der Waals surface area (Å²) < 4.78 is 0. The van der Waals surface area contributed by atoms with Gasteiger partial charge in [-0.25, -0.2) is 4.98 Å². The average molecular weight is 384 g/mol. The molecule has 1 saturated heterocycles. The zero-order valence-corrected chi connectivity index (χ0v) is 17.5. The average Bonchev–Trinajstić information content (AvgIpc) is 3.16. The molecule has 7 heteroatoms. The Balaban J connectivity index is 1.64. The van der Waals surface area contributed by atoms with Gasteiger partial charge in [0.2, 0.25) is 0 Å². The topological polar surface area (TPSA) is 62.8 Å². The highest BCUT2D eigenvalue weighted by molar-refractivity contribution is 5.79. The number of aromatic nitrogens is 2. The van der Waals surface area contributed by atoms with Gasteiger partial charge < -0.3 is 20.1 Å². The van der Waals surface area contributed by atoms with Crippen molar-refractivity contribution in [3.05, 3.63) is 42.4 Å². The van der Waals surface area contributed by atoms with Gasteiger partial charge in [-0.05, 0) is 26.6 Å². The van der Waals surface area contributed by atoms with Crippen LogP contribution in [0.3, 0.4) is 0 Å². The summed E-state index contributed by atoms with van der Waals surface area (Å²) >= 11 is 0. The van der Waals surface area contributed by atoms with Gasteiger partial charge in [0, 0.05) is 39.3 Å².